The van der Waals surface area contributed by atoms with E-state index in [-0.39, 0.29) is 29.7 Å². The summed E-state index contributed by atoms with van der Waals surface area (Å²) in [5.41, 5.74) is 1.99. The molecule has 176 valence electrons. The van der Waals surface area contributed by atoms with Crippen molar-refractivity contribution in [3.8, 4) is 5.75 Å². The zero-order valence-corrected chi connectivity index (χ0v) is 20.3. The molecule has 32 heavy (non-hydrogen) atoms. The molecule has 1 aromatic carbocycles. The number of guanidine groups is 1. The van der Waals surface area contributed by atoms with Crippen LogP contribution < -0.4 is 20.3 Å². The molecule has 6 nitrogen and oxygen atoms in total. The van der Waals surface area contributed by atoms with Gasteiger partial charge in [0.1, 0.15) is 11.6 Å². The van der Waals surface area contributed by atoms with Crippen molar-refractivity contribution in [1.82, 2.24) is 15.6 Å². The van der Waals surface area contributed by atoms with Gasteiger partial charge in [0.2, 0.25) is 0 Å². The van der Waals surface area contributed by atoms with E-state index in [4.69, 9.17) is 4.74 Å². The predicted octanol–water partition coefficient (Wildman–Crippen LogP) is 4.50. The van der Waals surface area contributed by atoms with Gasteiger partial charge in [-0.1, -0.05) is 12.1 Å². The van der Waals surface area contributed by atoms with E-state index in [9.17, 15) is 13.2 Å². The van der Waals surface area contributed by atoms with Gasteiger partial charge in [0, 0.05) is 32.4 Å². The normalized spacial score (nSPS) is 14.1. The van der Waals surface area contributed by atoms with E-state index in [1.807, 2.05) is 19.2 Å². The zero-order valence-electron chi connectivity index (χ0n) is 18.0. The monoisotopic (exact) mass is 563 g/mol. The summed E-state index contributed by atoms with van der Waals surface area (Å²) in [6.45, 7) is 4.50. The Labute approximate surface area is 203 Å². The number of ether oxygens (including phenoxy) is 1. The molecule has 0 bridgehead atoms. The van der Waals surface area contributed by atoms with Crippen molar-refractivity contribution in [2.45, 2.75) is 39.0 Å². The molecule has 1 aromatic heterocycles. The summed E-state index contributed by atoms with van der Waals surface area (Å²) in [7, 11) is 0. The molecule has 2 aromatic rings. The molecule has 1 aliphatic rings. The first kappa shape index (κ1) is 26.0. The maximum atomic E-state index is 12.2. The third-order valence-corrected chi connectivity index (χ3v) is 4.79. The number of hydrogen-bond donors (Lipinski definition) is 2. The highest BCUT2D eigenvalue weighted by Crippen LogP contribution is 2.20. The number of halogens is 4. The van der Waals surface area contributed by atoms with E-state index in [0.29, 0.717) is 25.6 Å². The van der Waals surface area contributed by atoms with Gasteiger partial charge in [0.25, 0.3) is 0 Å². The molecule has 1 fully saturated rings. The van der Waals surface area contributed by atoms with Crippen LogP contribution in [0.25, 0.3) is 0 Å². The zero-order chi connectivity index (χ0) is 22.1. The molecular weight excluding hydrogens is 534 g/mol. The molecule has 1 saturated heterocycles. The Bertz CT molecular complexity index is 855. The van der Waals surface area contributed by atoms with E-state index in [1.54, 1.807) is 12.1 Å². The Morgan fingerprint density at radius 3 is 2.47 bits per heavy atom. The van der Waals surface area contributed by atoms with Crippen molar-refractivity contribution in [3.63, 3.8) is 0 Å². The van der Waals surface area contributed by atoms with Gasteiger partial charge in [-0.2, -0.15) is 13.2 Å². The maximum absolute atomic E-state index is 12.2. The number of pyridine rings is 1. The second-order valence-corrected chi connectivity index (χ2v) is 7.31. The minimum absolute atomic E-state index is 0. The maximum Gasteiger partial charge on any atom is 0.422 e. The van der Waals surface area contributed by atoms with Crippen LogP contribution in [-0.4, -0.2) is 43.4 Å². The van der Waals surface area contributed by atoms with Crippen LogP contribution in [0.4, 0.5) is 19.0 Å². The number of aromatic nitrogens is 1. The highest BCUT2D eigenvalue weighted by Gasteiger charge is 2.28. The SMILES string of the molecule is CCNC(=NCc1ccnc(N2CCCC2)c1)NCc1ccc(OCC(F)(F)F)cc1.I. The number of alkyl halides is 3. The standard InChI is InChI=1S/C22H28F3N5O.HI/c1-2-26-21(28-14-17-5-7-19(8-6-17)31-16-22(23,24)25)29-15-18-9-10-27-20(13-18)30-11-3-4-12-30;/h5-10,13H,2-4,11-12,14-16H2,1H3,(H2,26,28,29);1H. The molecule has 3 rings (SSSR count). The molecular formula is C22H29F3IN5O. The molecule has 2 N–H and O–H groups in total. The first-order valence-electron chi connectivity index (χ1n) is 10.4. The van der Waals surface area contributed by atoms with Crippen molar-refractivity contribution in [2.75, 3.05) is 31.1 Å². The lowest BCUT2D eigenvalue weighted by Gasteiger charge is -2.16. The van der Waals surface area contributed by atoms with Crippen LogP contribution in [0.15, 0.2) is 47.6 Å². The smallest absolute Gasteiger partial charge is 0.422 e. The minimum Gasteiger partial charge on any atom is -0.484 e. The number of aliphatic imine (C=N–C) groups is 1. The Kier molecular flexibility index (Phi) is 10.3. The Morgan fingerprint density at radius 2 is 1.81 bits per heavy atom. The van der Waals surface area contributed by atoms with Crippen molar-refractivity contribution in [2.24, 2.45) is 4.99 Å². The van der Waals surface area contributed by atoms with Crippen LogP contribution in [0, 0.1) is 0 Å². The van der Waals surface area contributed by atoms with Gasteiger partial charge < -0.3 is 20.3 Å². The number of anilines is 1. The number of rotatable bonds is 8. The summed E-state index contributed by atoms with van der Waals surface area (Å²) >= 11 is 0. The summed E-state index contributed by atoms with van der Waals surface area (Å²) < 4.78 is 41.4. The average molecular weight is 563 g/mol. The Morgan fingerprint density at radius 1 is 1.09 bits per heavy atom. The summed E-state index contributed by atoms with van der Waals surface area (Å²) in [6, 6.07) is 10.6. The second-order valence-electron chi connectivity index (χ2n) is 7.31. The first-order valence-corrected chi connectivity index (χ1v) is 10.4. The number of hydrogen-bond acceptors (Lipinski definition) is 4. The molecule has 0 amide bonds. The lowest BCUT2D eigenvalue weighted by atomic mass is 10.2. The van der Waals surface area contributed by atoms with E-state index < -0.39 is 12.8 Å². The predicted molar refractivity (Wildman–Crippen MR) is 131 cm³/mol. The first-order chi connectivity index (χ1) is 14.9. The Balaban J connectivity index is 0.00000363. The average Bonchev–Trinajstić information content (AvgIpc) is 3.30. The second kappa shape index (κ2) is 12.7. The van der Waals surface area contributed by atoms with Gasteiger partial charge in [-0.3, -0.25) is 0 Å². The van der Waals surface area contributed by atoms with Crippen LogP contribution in [0.5, 0.6) is 5.75 Å². The molecule has 0 saturated carbocycles. The molecule has 0 atom stereocenters. The number of benzene rings is 1. The molecule has 1 aliphatic heterocycles. The molecule has 0 radical (unpaired) electrons. The van der Waals surface area contributed by atoms with Gasteiger partial charge in [-0.05, 0) is 55.2 Å². The highest BCUT2D eigenvalue weighted by atomic mass is 127. The number of nitrogens with one attached hydrogen (secondary N) is 2. The van der Waals surface area contributed by atoms with E-state index in [0.717, 1.165) is 30.0 Å². The number of nitrogens with zero attached hydrogens (tertiary/aromatic N) is 3. The molecule has 0 unspecified atom stereocenters. The van der Waals surface area contributed by atoms with Crippen LogP contribution >= 0.6 is 24.0 Å². The van der Waals surface area contributed by atoms with Gasteiger partial charge >= 0.3 is 6.18 Å². The molecule has 2 heterocycles. The van der Waals surface area contributed by atoms with Crippen molar-refractivity contribution in [1.29, 1.82) is 0 Å². The summed E-state index contributed by atoms with van der Waals surface area (Å²) in [6.07, 6.45) is -0.120. The fourth-order valence-electron chi connectivity index (χ4n) is 3.24. The molecule has 10 heteroatoms. The van der Waals surface area contributed by atoms with E-state index in [1.165, 1.54) is 25.0 Å². The van der Waals surface area contributed by atoms with Crippen molar-refractivity contribution >= 4 is 35.8 Å². The topological polar surface area (TPSA) is 61.8 Å². The highest BCUT2D eigenvalue weighted by molar-refractivity contribution is 14.0. The summed E-state index contributed by atoms with van der Waals surface area (Å²) in [5, 5.41) is 6.45. The van der Waals surface area contributed by atoms with Crippen LogP contribution in [0.3, 0.4) is 0 Å². The van der Waals surface area contributed by atoms with Crippen molar-refractivity contribution < 1.29 is 17.9 Å². The lowest BCUT2D eigenvalue weighted by molar-refractivity contribution is -0.153. The van der Waals surface area contributed by atoms with Gasteiger partial charge in [-0.15, -0.1) is 24.0 Å². The third kappa shape index (κ3) is 8.71. The molecule has 0 aliphatic carbocycles. The van der Waals surface area contributed by atoms with Gasteiger partial charge in [-0.25, -0.2) is 9.98 Å². The Hall–Kier alpha value is -2.24. The third-order valence-electron chi connectivity index (χ3n) is 4.79. The van der Waals surface area contributed by atoms with E-state index in [2.05, 4.69) is 31.6 Å². The summed E-state index contributed by atoms with van der Waals surface area (Å²) in [4.78, 5) is 11.4. The summed E-state index contributed by atoms with van der Waals surface area (Å²) in [5.74, 6) is 1.85. The van der Waals surface area contributed by atoms with Gasteiger partial charge in [0.15, 0.2) is 12.6 Å². The van der Waals surface area contributed by atoms with Crippen LogP contribution in [-0.2, 0) is 13.1 Å². The van der Waals surface area contributed by atoms with Gasteiger partial charge in [0.05, 0.1) is 6.54 Å². The fourth-order valence-corrected chi connectivity index (χ4v) is 3.24. The van der Waals surface area contributed by atoms with Crippen LogP contribution in [0.1, 0.15) is 30.9 Å². The lowest BCUT2D eigenvalue weighted by Crippen LogP contribution is -2.36. The van der Waals surface area contributed by atoms with Crippen LogP contribution in [0.2, 0.25) is 0 Å². The largest absolute Gasteiger partial charge is 0.484 e. The van der Waals surface area contributed by atoms with Crippen molar-refractivity contribution in [3.05, 3.63) is 53.7 Å². The fraction of sp³-hybridized carbons (Fsp3) is 0.455. The molecule has 0 spiro atoms. The van der Waals surface area contributed by atoms with E-state index >= 15 is 0 Å². The quantitative estimate of drug-likeness (QED) is 0.282. The minimum atomic E-state index is -4.35.